The third-order valence-corrected chi connectivity index (χ3v) is 3.17. The van der Waals surface area contributed by atoms with Crippen LogP contribution in [0.4, 0.5) is 4.39 Å². The summed E-state index contributed by atoms with van der Waals surface area (Å²) < 4.78 is 18.8. The predicted octanol–water partition coefficient (Wildman–Crippen LogP) is 2.48. The standard InChI is InChI=1S/C15H15FN2O/c16-13-3-1-2-12(8-13)9-18-10-15(11-18)19-14-4-6-17-7-5-14/h1-8,15H,9-11H2. The van der Waals surface area contributed by atoms with E-state index in [1.165, 1.54) is 6.07 Å². The third kappa shape index (κ3) is 3.09. The molecular formula is C15H15FN2O. The second-order valence-electron chi connectivity index (χ2n) is 4.75. The van der Waals surface area contributed by atoms with E-state index in [0.717, 1.165) is 30.9 Å². The number of aromatic nitrogens is 1. The van der Waals surface area contributed by atoms with Crippen molar-refractivity contribution in [3.05, 3.63) is 60.2 Å². The van der Waals surface area contributed by atoms with Gasteiger partial charge in [-0.2, -0.15) is 0 Å². The van der Waals surface area contributed by atoms with E-state index in [4.69, 9.17) is 4.74 Å². The molecule has 0 spiro atoms. The number of halogens is 1. The van der Waals surface area contributed by atoms with Crippen molar-refractivity contribution in [2.24, 2.45) is 0 Å². The highest BCUT2D eigenvalue weighted by molar-refractivity contribution is 5.19. The Morgan fingerprint density at radius 2 is 2.00 bits per heavy atom. The minimum Gasteiger partial charge on any atom is -0.488 e. The van der Waals surface area contributed by atoms with Gasteiger partial charge in [-0.25, -0.2) is 4.39 Å². The molecule has 19 heavy (non-hydrogen) atoms. The van der Waals surface area contributed by atoms with E-state index in [1.54, 1.807) is 24.5 Å². The van der Waals surface area contributed by atoms with E-state index in [-0.39, 0.29) is 11.9 Å². The predicted molar refractivity (Wildman–Crippen MR) is 70.3 cm³/mol. The minimum atomic E-state index is -0.178. The lowest BCUT2D eigenvalue weighted by Gasteiger charge is -2.39. The topological polar surface area (TPSA) is 25.4 Å². The van der Waals surface area contributed by atoms with Crippen LogP contribution in [-0.2, 0) is 6.54 Å². The van der Waals surface area contributed by atoms with Crippen LogP contribution in [-0.4, -0.2) is 29.1 Å². The summed E-state index contributed by atoms with van der Waals surface area (Å²) in [5, 5.41) is 0. The SMILES string of the molecule is Fc1cccc(CN2CC(Oc3ccncc3)C2)c1. The summed E-state index contributed by atoms with van der Waals surface area (Å²) >= 11 is 0. The van der Waals surface area contributed by atoms with Crippen LogP contribution in [0.2, 0.25) is 0 Å². The summed E-state index contributed by atoms with van der Waals surface area (Å²) in [5.41, 5.74) is 1.00. The zero-order valence-electron chi connectivity index (χ0n) is 10.5. The first-order valence-electron chi connectivity index (χ1n) is 6.33. The summed E-state index contributed by atoms with van der Waals surface area (Å²) in [6.07, 6.45) is 3.66. The normalized spacial score (nSPS) is 16.1. The molecule has 0 N–H and O–H groups in total. The number of rotatable bonds is 4. The van der Waals surface area contributed by atoms with E-state index in [9.17, 15) is 4.39 Å². The average Bonchev–Trinajstić information content (AvgIpc) is 2.37. The molecule has 1 aliphatic rings. The van der Waals surface area contributed by atoms with Gasteiger partial charge >= 0.3 is 0 Å². The molecule has 0 amide bonds. The highest BCUT2D eigenvalue weighted by atomic mass is 19.1. The zero-order valence-corrected chi connectivity index (χ0v) is 10.5. The second-order valence-corrected chi connectivity index (χ2v) is 4.75. The van der Waals surface area contributed by atoms with Gasteiger partial charge in [0.15, 0.2) is 0 Å². The van der Waals surface area contributed by atoms with E-state index in [1.807, 2.05) is 18.2 Å². The molecule has 1 aromatic heterocycles. The molecule has 0 radical (unpaired) electrons. The van der Waals surface area contributed by atoms with Crippen molar-refractivity contribution < 1.29 is 9.13 Å². The number of hydrogen-bond acceptors (Lipinski definition) is 3. The van der Waals surface area contributed by atoms with Gasteiger partial charge < -0.3 is 4.74 Å². The van der Waals surface area contributed by atoms with Gasteiger partial charge in [0.25, 0.3) is 0 Å². The molecule has 3 nitrogen and oxygen atoms in total. The Balaban J connectivity index is 1.48. The Morgan fingerprint density at radius 1 is 1.21 bits per heavy atom. The van der Waals surface area contributed by atoms with E-state index >= 15 is 0 Å². The summed E-state index contributed by atoms with van der Waals surface area (Å²) in [6, 6.07) is 10.5. The zero-order chi connectivity index (χ0) is 13.1. The van der Waals surface area contributed by atoms with Crippen molar-refractivity contribution in [2.75, 3.05) is 13.1 Å². The smallest absolute Gasteiger partial charge is 0.124 e. The monoisotopic (exact) mass is 258 g/mol. The fraction of sp³-hybridized carbons (Fsp3) is 0.267. The first-order chi connectivity index (χ1) is 9.29. The number of benzene rings is 1. The summed E-state index contributed by atoms with van der Waals surface area (Å²) in [6.45, 7) is 2.52. The van der Waals surface area contributed by atoms with Gasteiger partial charge in [0.05, 0.1) is 0 Å². The molecule has 1 aromatic carbocycles. The largest absolute Gasteiger partial charge is 0.488 e. The van der Waals surface area contributed by atoms with Gasteiger partial charge in [-0.15, -0.1) is 0 Å². The summed E-state index contributed by atoms with van der Waals surface area (Å²) in [5.74, 6) is 0.674. The third-order valence-electron chi connectivity index (χ3n) is 3.17. The van der Waals surface area contributed by atoms with Gasteiger partial charge in [-0.05, 0) is 29.8 Å². The molecule has 0 aliphatic carbocycles. The van der Waals surface area contributed by atoms with Gasteiger partial charge in [0, 0.05) is 32.0 Å². The quantitative estimate of drug-likeness (QED) is 0.842. The first kappa shape index (κ1) is 12.1. The Kier molecular flexibility index (Phi) is 3.42. The molecule has 4 heteroatoms. The molecule has 98 valence electrons. The van der Waals surface area contributed by atoms with Crippen LogP contribution in [0.3, 0.4) is 0 Å². The van der Waals surface area contributed by atoms with Gasteiger partial charge in [0.2, 0.25) is 0 Å². The van der Waals surface area contributed by atoms with Crippen LogP contribution in [0.1, 0.15) is 5.56 Å². The molecule has 2 aromatic rings. The maximum atomic E-state index is 13.1. The lowest BCUT2D eigenvalue weighted by atomic mass is 10.1. The lowest BCUT2D eigenvalue weighted by Crippen LogP contribution is -2.53. The highest BCUT2D eigenvalue weighted by Crippen LogP contribution is 2.19. The maximum Gasteiger partial charge on any atom is 0.124 e. The Hall–Kier alpha value is -1.94. The maximum absolute atomic E-state index is 13.1. The van der Waals surface area contributed by atoms with Crippen molar-refractivity contribution in [2.45, 2.75) is 12.6 Å². The summed E-state index contributed by atoms with van der Waals surface area (Å²) in [4.78, 5) is 6.19. The average molecular weight is 258 g/mol. The van der Waals surface area contributed by atoms with Gasteiger partial charge in [0.1, 0.15) is 17.7 Å². The minimum absolute atomic E-state index is 0.178. The van der Waals surface area contributed by atoms with Gasteiger partial charge in [-0.3, -0.25) is 9.88 Å². The van der Waals surface area contributed by atoms with E-state index in [2.05, 4.69) is 9.88 Å². The van der Waals surface area contributed by atoms with Crippen LogP contribution in [0.15, 0.2) is 48.8 Å². The van der Waals surface area contributed by atoms with Crippen molar-refractivity contribution in [1.29, 1.82) is 0 Å². The lowest BCUT2D eigenvalue weighted by molar-refractivity contribution is 0.0145. The number of ether oxygens (including phenoxy) is 1. The number of pyridine rings is 1. The van der Waals surface area contributed by atoms with Crippen molar-refractivity contribution in [3.63, 3.8) is 0 Å². The van der Waals surface area contributed by atoms with Crippen molar-refractivity contribution >= 4 is 0 Å². The molecule has 1 fully saturated rings. The summed E-state index contributed by atoms with van der Waals surface area (Å²) in [7, 11) is 0. The fourth-order valence-electron chi connectivity index (χ4n) is 2.23. The van der Waals surface area contributed by atoms with E-state index < -0.39 is 0 Å². The van der Waals surface area contributed by atoms with Crippen LogP contribution >= 0.6 is 0 Å². The molecule has 0 saturated carbocycles. The molecule has 0 unspecified atom stereocenters. The number of hydrogen-bond donors (Lipinski definition) is 0. The Bertz CT molecular complexity index is 541. The second kappa shape index (κ2) is 5.36. The first-order valence-corrected chi connectivity index (χ1v) is 6.33. The number of likely N-dealkylation sites (tertiary alicyclic amines) is 1. The van der Waals surface area contributed by atoms with Crippen LogP contribution in [0.5, 0.6) is 5.75 Å². The molecule has 3 rings (SSSR count). The molecule has 0 atom stereocenters. The van der Waals surface area contributed by atoms with Gasteiger partial charge in [-0.1, -0.05) is 12.1 Å². The van der Waals surface area contributed by atoms with Crippen LogP contribution in [0.25, 0.3) is 0 Å². The van der Waals surface area contributed by atoms with Crippen LogP contribution in [0, 0.1) is 5.82 Å². The number of nitrogens with zero attached hydrogens (tertiary/aromatic N) is 2. The fourth-order valence-corrected chi connectivity index (χ4v) is 2.23. The molecular weight excluding hydrogens is 243 g/mol. The van der Waals surface area contributed by atoms with Crippen molar-refractivity contribution in [3.8, 4) is 5.75 Å². The molecule has 0 bridgehead atoms. The van der Waals surface area contributed by atoms with E-state index in [0.29, 0.717) is 0 Å². The molecule has 1 aliphatic heterocycles. The Morgan fingerprint density at radius 3 is 2.74 bits per heavy atom. The molecule has 1 saturated heterocycles. The van der Waals surface area contributed by atoms with Crippen molar-refractivity contribution in [1.82, 2.24) is 9.88 Å². The molecule has 2 heterocycles. The van der Waals surface area contributed by atoms with Crippen LogP contribution < -0.4 is 4.74 Å². The highest BCUT2D eigenvalue weighted by Gasteiger charge is 2.28. The Labute approximate surface area is 111 Å².